The Hall–Kier alpha value is -2.66. The van der Waals surface area contributed by atoms with E-state index < -0.39 is 0 Å². The largest absolute Gasteiger partial charge is 0.339 e. The van der Waals surface area contributed by atoms with E-state index in [0.717, 1.165) is 32.4 Å². The van der Waals surface area contributed by atoms with Crippen LogP contribution in [-0.4, -0.2) is 65.8 Å². The van der Waals surface area contributed by atoms with Gasteiger partial charge in [0, 0.05) is 39.1 Å². The minimum atomic E-state index is 0.0841. The predicted octanol–water partition coefficient (Wildman–Crippen LogP) is 3.32. The molecule has 2 amide bonds. The Morgan fingerprint density at radius 2 is 1.37 bits per heavy atom. The molecule has 0 atom stereocenters. The summed E-state index contributed by atoms with van der Waals surface area (Å²) in [4.78, 5) is 31.2. The first-order chi connectivity index (χ1) is 14.7. The molecule has 2 fully saturated rings. The first-order valence-corrected chi connectivity index (χ1v) is 11.1. The number of hydrogen-bond acceptors (Lipinski definition) is 3. The van der Waals surface area contributed by atoms with Crippen molar-refractivity contribution in [1.29, 1.82) is 0 Å². The number of amides is 2. The number of nitrogens with zero attached hydrogens (tertiary/aromatic N) is 3. The van der Waals surface area contributed by atoms with Gasteiger partial charge < -0.3 is 9.80 Å². The molecular weight excluding hydrogens is 374 g/mol. The third-order valence-electron chi connectivity index (χ3n) is 6.26. The lowest BCUT2D eigenvalue weighted by atomic mass is 9.96. The van der Waals surface area contributed by atoms with Gasteiger partial charge in [0.1, 0.15) is 0 Å². The molecule has 0 spiro atoms. The third-order valence-corrected chi connectivity index (χ3v) is 6.26. The summed E-state index contributed by atoms with van der Waals surface area (Å²) < 4.78 is 0. The second-order valence-corrected chi connectivity index (χ2v) is 8.27. The molecule has 2 heterocycles. The van der Waals surface area contributed by atoms with Gasteiger partial charge in [0.15, 0.2) is 0 Å². The van der Waals surface area contributed by atoms with Crippen molar-refractivity contribution in [3.8, 4) is 0 Å². The van der Waals surface area contributed by atoms with Crippen molar-refractivity contribution in [3.63, 3.8) is 0 Å². The molecule has 0 unspecified atom stereocenters. The van der Waals surface area contributed by atoms with Crippen molar-refractivity contribution >= 4 is 11.8 Å². The summed E-state index contributed by atoms with van der Waals surface area (Å²) in [6, 6.07) is 21.4. The fourth-order valence-electron chi connectivity index (χ4n) is 4.58. The van der Waals surface area contributed by atoms with Crippen LogP contribution in [-0.2, 0) is 9.59 Å². The average molecular weight is 406 g/mol. The molecule has 0 N–H and O–H groups in total. The van der Waals surface area contributed by atoms with Crippen molar-refractivity contribution in [2.24, 2.45) is 0 Å². The van der Waals surface area contributed by atoms with Crippen molar-refractivity contribution in [3.05, 3.63) is 71.8 Å². The maximum atomic E-state index is 12.9. The molecule has 2 aromatic carbocycles. The number of carbonyl (C=O) groups is 2. The number of likely N-dealkylation sites (tertiary alicyclic amines) is 1. The van der Waals surface area contributed by atoms with E-state index in [1.807, 2.05) is 17.0 Å². The maximum absolute atomic E-state index is 12.9. The van der Waals surface area contributed by atoms with Gasteiger partial charge in [-0.3, -0.25) is 14.5 Å². The topological polar surface area (TPSA) is 43.9 Å². The molecule has 2 aliphatic rings. The highest BCUT2D eigenvalue weighted by Gasteiger charge is 2.29. The zero-order valence-corrected chi connectivity index (χ0v) is 17.6. The number of benzene rings is 2. The van der Waals surface area contributed by atoms with Crippen molar-refractivity contribution in [2.75, 3.05) is 39.3 Å². The molecule has 2 saturated heterocycles. The monoisotopic (exact) mass is 405 g/mol. The van der Waals surface area contributed by atoms with Crippen LogP contribution >= 0.6 is 0 Å². The highest BCUT2D eigenvalue weighted by Crippen LogP contribution is 2.29. The van der Waals surface area contributed by atoms with E-state index in [1.165, 1.54) is 11.1 Å². The fourth-order valence-corrected chi connectivity index (χ4v) is 4.58. The molecule has 2 aliphatic heterocycles. The number of carbonyl (C=O) groups excluding carboxylic acids is 2. The molecule has 0 aliphatic carbocycles. The van der Waals surface area contributed by atoms with E-state index in [4.69, 9.17) is 0 Å². The molecule has 0 radical (unpaired) electrons. The average Bonchev–Trinajstić information content (AvgIpc) is 3.00. The molecule has 158 valence electrons. The maximum Gasteiger partial charge on any atom is 0.242 e. The third kappa shape index (κ3) is 4.90. The Kier molecular flexibility index (Phi) is 6.80. The molecule has 30 heavy (non-hydrogen) atoms. The summed E-state index contributed by atoms with van der Waals surface area (Å²) in [5.74, 6) is 0.216. The summed E-state index contributed by atoms with van der Waals surface area (Å²) >= 11 is 0. The van der Waals surface area contributed by atoms with Gasteiger partial charge >= 0.3 is 0 Å². The van der Waals surface area contributed by atoms with Gasteiger partial charge in [0.25, 0.3) is 0 Å². The Balaban J connectivity index is 1.41. The van der Waals surface area contributed by atoms with Crippen molar-refractivity contribution in [2.45, 2.75) is 31.7 Å². The molecule has 2 aromatic rings. The number of piperazine rings is 1. The van der Waals surface area contributed by atoms with Crippen LogP contribution in [0.4, 0.5) is 0 Å². The zero-order chi connectivity index (χ0) is 20.8. The molecule has 0 saturated carbocycles. The van der Waals surface area contributed by atoms with Gasteiger partial charge in [0.05, 0.1) is 12.6 Å². The van der Waals surface area contributed by atoms with E-state index >= 15 is 0 Å². The Bertz CT molecular complexity index is 792. The van der Waals surface area contributed by atoms with Crippen LogP contribution in [0.15, 0.2) is 60.7 Å². The highest BCUT2D eigenvalue weighted by atomic mass is 16.2. The minimum Gasteiger partial charge on any atom is -0.339 e. The summed E-state index contributed by atoms with van der Waals surface area (Å²) in [6.45, 7) is 4.02. The lowest BCUT2D eigenvalue weighted by molar-refractivity contribution is -0.141. The van der Waals surface area contributed by atoms with E-state index in [0.29, 0.717) is 26.1 Å². The van der Waals surface area contributed by atoms with Gasteiger partial charge in [0.2, 0.25) is 11.8 Å². The van der Waals surface area contributed by atoms with E-state index in [9.17, 15) is 9.59 Å². The molecule has 4 rings (SSSR count). The van der Waals surface area contributed by atoms with Crippen LogP contribution in [0.2, 0.25) is 0 Å². The summed E-state index contributed by atoms with van der Waals surface area (Å²) in [7, 11) is 0. The normalized spacial score (nSPS) is 18.5. The minimum absolute atomic E-state index is 0.0841. The van der Waals surface area contributed by atoms with Crippen LogP contribution in [0.3, 0.4) is 0 Å². The first kappa shape index (κ1) is 20.6. The van der Waals surface area contributed by atoms with Gasteiger partial charge in [-0.1, -0.05) is 67.1 Å². The molecule has 0 aromatic heterocycles. The Morgan fingerprint density at radius 1 is 0.767 bits per heavy atom. The Labute approximate surface area is 179 Å². The SMILES string of the molecule is O=C(CN1CCCCCC1=O)N1CCN(C(c2ccccc2)c2ccccc2)CC1. The van der Waals surface area contributed by atoms with Crippen LogP contribution in [0, 0.1) is 0 Å². The highest BCUT2D eigenvalue weighted by molar-refractivity contribution is 5.85. The number of hydrogen-bond donors (Lipinski definition) is 0. The lowest BCUT2D eigenvalue weighted by Gasteiger charge is -2.40. The zero-order valence-electron chi connectivity index (χ0n) is 17.6. The standard InChI is InChI=1S/C25H31N3O2/c29-23-14-8-3-9-15-28(23)20-24(30)26-16-18-27(19-17-26)25(21-10-4-1-5-11-21)22-12-6-2-7-13-22/h1-2,4-7,10-13,25H,3,8-9,14-20H2. The summed E-state index contributed by atoms with van der Waals surface area (Å²) in [5, 5.41) is 0. The summed E-state index contributed by atoms with van der Waals surface area (Å²) in [5.41, 5.74) is 2.55. The smallest absolute Gasteiger partial charge is 0.242 e. The van der Waals surface area contributed by atoms with Crippen LogP contribution in [0.5, 0.6) is 0 Å². The Morgan fingerprint density at radius 3 is 1.97 bits per heavy atom. The van der Waals surface area contributed by atoms with Crippen LogP contribution in [0.25, 0.3) is 0 Å². The van der Waals surface area contributed by atoms with Gasteiger partial charge in [-0.15, -0.1) is 0 Å². The summed E-state index contributed by atoms with van der Waals surface area (Å²) in [6.07, 6.45) is 3.61. The predicted molar refractivity (Wildman–Crippen MR) is 118 cm³/mol. The molecule has 5 nitrogen and oxygen atoms in total. The lowest BCUT2D eigenvalue weighted by Crippen LogP contribution is -2.52. The van der Waals surface area contributed by atoms with Crippen molar-refractivity contribution < 1.29 is 9.59 Å². The second kappa shape index (κ2) is 9.90. The number of rotatable bonds is 5. The van der Waals surface area contributed by atoms with E-state index in [2.05, 4.69) is 53.4 Å². The fraction of sp³-hybridized carbons (Fsp3) is 0.440. The molecule has 5 heteroatoms. The van der Waals surface area contributed by atoms with Gasteiger partial charge in [-0.25, -0.2) is 0 Å². The molecule has 0 bridgehead atoms. The first-order valence-electron chi connectivity index (χ1n) is 11.1. The van der Waals surface area contributed by atoms with Crippen LogP contribution < -0.4 is 0 Å². The van der Waals surface area contributed by atoms with E-state index in [-0.39, 0.29) is 24.4 Å². The van der Waals surface area contributed by atoms with E-state index in [1.54, 1.807) is 4.90 Å². The van der Waals surface area contributed by atoms with Gasteiger partial charge in [-0.05, 0) is 24.0 Å². The van der Waals surface area contributed by atoms with Crippen molar-refractivity contribution in [1.82, 2.24) is 14.7 Å². The molecular formula is C25H31N3O2. The second-order valence-electron chi connectivity index (χ2n) is 8.27. The van der Waals surface area contributed by atoms with Crippen LogP contribution in [0.1, 0.15) is 42.9 Å². The quantitative estimate of drug-likeness (QED) is 0.767. The van der Waals surface area contributed by atoms with Gasteiger partial charge in [-0.2, -0.15) is 0 Å².